The van der Waals surface area contributed by atoms with Gasteiger partial charge >= 0.3 is 0 Å². The van der Waals surface area contributed by atoms with Crippen molar-refractivity contribution in [3.05, 3.63) is 47.8 Å². The molecule has 0 spiro atoms. The summed E-state index contributed by atoms with van der Waals surface area (Å²) in [5.74, 6) is 0.862. The van der Waals surface area contributed by atoms with E-state index in [0.29, 0.717) is 25.3 Å². The highest BCUT2D eigenvalue weighted by Crippen LogP contribution is 2.17. The molecule has 0 bridgehead atoms. The third kappa shape index (κ3) is 4.43. The van der Waals surface area contributed by atoms with Gasteiger partial charge in [0.25, 0.3) is 5.91 Å². The zero-order chi connectivity index (χ0) is 18.4. The number of nitrogens with zero attached hydrogens (tertiary/aromatic N) is 3. The maximum atomic E-state index is 13.1. The zero-order valence-electron chi connectivity index (χ0n) is 15.6. The Morgan fingerprint density at radius 2 is 2.15 bits per heavy atom. The smallest absolute Gasteiger partial charge is 0.272 e. The Bertz CT molecular complexity index is 705. The summed E-state index contributed by atoms with van der Waals surface area (Å²) >= 11 is 0. The average Bonchev–Trinajstić information content (AvgIpc) is 3.36. The van der Waals surface area contributed by atoms with Gasteiger partial charge in [0.15, 0.2) is 0 Å². The number of methoxy groups -OCH3 is 1. The maximum Gasteiger partial charge on any atom is 0.272 e. The van der Waals surface area contributed by atoms with Crippen LogP contribution >= 0.6 is 0 Å². The van der Waals surface area contributed by atoms with E-state index in [9.17, 15) is 4.79 Å². The molecule has 0 aliphatic carbocycles. The number of rotatable bonds is 8. The first-order valence-corrected chi connectivity index (χ1v) is 9.27. The van der Waals surface area contributed by atoms with E-state index in [2.05, 4.69) is 5.10 Å². The predicted molar refractivity (Wildman–Crippen MR) is 99.5 cm³/mol. The molecule has 1 aliphatic rings. The molecule has 2 aromatic rings. The van der Waals surface area contributed by atoms with Crippen LogP contribution < -0.4 is 4.74 Å². The van der Waals surface area contributed by atoms with Crippen LogP contribution in [-0.4, -0.2) is 53.5 Å². The number of ether oxygens (including phenoxy) is 2. The molecule has 0 saturated carbocycles. The van der Waals surface area contributed by atoms with Gasteiger partial charge in [0.1, 0.15) is 11.4 Å². The van der Waals surface area contributed by atoms with Gasteiger partial charge in [0.2, 0.25) is 0 Å². The molecule has 1 atom stereocenters. The van der Waals surface area contributed by atoms with Gasteiger partial charge in [-0.15, -0.1) is 0 Å². The van der Waals surface area contributed by atoms with Crippen LogP contribution in [0.3, 0.4) is 0 Å². The third-order valence-corrected chi connectivity index (χ3v) is 4.80. The molecular weight excluding hydrogens is 330 g/mol. The molecular formula is C20H27N3O3. The van der Waals surface area contributed by atoms with Crippen LogP contribution in [0.15, 0.2) is 36.5 Å². The minimum absolute atomic E-state index is 0.0216. The molecule has 2 heterocycles. The van der Waals surface area contributed by atoms with Gasteiger partial charge in [0.05, 0.1) is 13.2 Å². The molecule has 1 aromatic heterocycles. The molecule has 1 aromatic carbocycles. The first-order valence-electron chi connectivity index (χ1n) is 9.27. The molecule has 1 unspecified atom stereocenters. The van der Waals surface area contributed by atoms with Crippen LogP contribution in [0.25, 0.3) is 0 Å². The van der Waals surface area contributed by atoms with Gasteiger partial charge in [-0.05, 0) is 49.9 Å². The molecule has 26 heavy (non-hydrogen) atoms. The van der Waals surface area contributed by atoms with E-state index in [0.717, 1.165) is 31.6 Å². The Hall–Kier alpha value is -2.34. The number of carbonyl (C=O) groups is 1. The summed E-state index contributed by atoms with van der Waals surface area (Å²) in [7, 11) is 1.66. The second-order valence-electron chi connectivity index (χ2n) is 6.52. The largest absolute Gasteiger partial charge is 0.497 e. The van der Waals surface area contributed by atoms with E-state index in [1.54, 1.807) is 24.1 Å². The van der Waals surface area contributed by atoms with Gasteiger partial charge in [-0.1, -0.05) is 12.1 Å². The van der Waals surface area contributed by atoms with E-state index >= 15 is 0 Å². The quantitative estimate of drug-likeness (QED) is 0.729. The molecule has 0 N–H and O–H groups in total. The Balaban J connectivity index is 1.70. The maximum absolute atomic E-state index is 13.1. The fourth-order valence-electron chi connectivity index (χ4n) is 3.29. The molecule has 1 amide bonds. The normalized spacial score (nSPS) is 16.6. The fraction of sp³-hybridized carbons (Fsp3) is 0.500. The summed E-state index contributed by atoms with van der Waals surface area (Å²) in [6.45, 7) is 4.74. The minimum atomic E-state index is 0.0216. The van der Waals surface area contributed by atoms with Crippen LogP contribution in [0.2, 0.25) is 0 Å². The van der Waals surface area contributed by atoms with Crippen molar-refractivity contribution in [1.82, 2.24) is 14.7 Å². The van der Waals surface area contributed by atoms with Crippen LogP contribution in [0, 0.1) is 0 Å². The van der Waals surface area contributed by atoms with Crippen molar-refractivity contribution in [2.24, 2.45) is 0 Å². The second kappa shape index (κ2) is 8.85. The number of amides is 1. The molecule has 6 heteroatoms. The second-order valence-corrected chi connectivity index (χ2v) is 6.52. The summed E-state index contributed by atoms with van der Waals surface area (Å²) in [5.41, 5.74) is 1.82. The van der Waals surface area contributed by atoms with Crippen molar-refractivity contribution in [3.8, 4) is 5.75 Å². The van der Waals surface area contributed by atoms with Crippen molar-refractivity contribution in [1.29, 1.82) is 0 Å². The van der Waals surface area contributed by atoms with E-state index in [1.165, 1.54) is 5.56 Å². The molecule has 1 saturated heterocycles. The summed E-state index contributed by atoms with van der Waals surface area (Å²) in [6, 6.07) is 9.79. The lowest BCUT2D eigenvalue weighted by atomic mass is 10.1. The topological polar surface area (TPSA) is 56.6 Å². The predicted octanol–water partition coefficient (Wildman–Crippen LogP) is 2.78. The molecule has 0 radical (unpaired) electrons. The van der Waals surface area contributed by atoms with Crippen LogP contribution in [0.1, 0.15) is 35.8 Å². The Morgan fingerprint density at radius 1 is 1.35 bits per heavy atom. The Morgan fingerprint density at radius 3 is 2.81 bits per heavy atom. The van der Waals surface area contributed by atoms with Crippen molar-refractivity contribution in [2.75, 3.05) is 26.8 Å². The monoisotopic (exact) mass is 357 g/mol. The first kappa shape index (κ1) is 18.5. The van der Waals surface area contributed by atoms with Gasteiger partial charge in [0, 0.05) is 32.4 Å². The molecule has 1 fully saturated rings. The fourth-order valence-corrected chi connectivity index (χ4v) is 3.29. The molecule has 1 aliphatic heterocycles. The summed E-state index contributed by atoms with van der Waals surface area (Å²) in [6.07, 6.45) is 4.69. The van der Waals surface area contributed by atoms with Gasteiger partial charge in [-0.3, -0.25) is 9.48 Å². The Labute approximate surface area is 154 Å². The first-order chi connectivity index (χ1) is 12.7. The van der Waals surface area contributed by atoms with Crippen molar-refractivity contribution >= 4 is 5.91 Å². The van der Waals surface area contributed by atoms with Crippen molar-refractivity contribution in [2.45, 2.75) is 38.8 Å². The van der Waals surface area contributed by atoms with Gasteiger partial charge in [-0.25, -0.2) is 0 Å². The number of aryl methyl sites for hydroxylation is 1. The summed E-state index contributed by atoms with van der Waals surface area (Å²) in [5, 5.41) is 4.23. The van der Waals surface area contributed by atoms with Crippen molar-refractivity contribution in [3.63, 3.8) is 0 Å². The van der Waals surface area contributed by atoms with Crippen LogP contribution in [0.5, 0.6) is 5.75 Å². The van der Waals surface area contributed by atoms with Crippen LogP contribution in [0.4, 0.5) is 0 Å². The van der Waals surface area contributed by atoms with Crippen molar-refractivity contribution < 1.29 is 14.3 Å². The third-order valence-electron chi connectivity index (χ3n) is 4.80. The highest BCUT2D eigenvalue weighted by molar-refractivity contribution is 5.92. The lowest BCUT2D eigenvalue weighted by Gasteiger charge is -2.26. The summed E-state index contributed by atoms with van der Waals surface area (Å²) in [4.78, 5) is 15.0. The summed E-state index contributed by atoms with van der Waals surface area (Å²) < 4.78 is 12.7. The van der Waals surface area contributed by atoms with E-state index in [4.69, 9.17) is 9.47 Å². The van der Waals surface area contributed by atoms with E-state index in [-0.39, 0.29) is 12.0 Å². The van der Waals surface area contributed by atoms with E-state index in [1.807, 2.05) is 36.1 Å². The van der Waals surface area contributed by atoms with Crippen LogP contribution in [-0.2, 0) is 17.7 Å². The zero-order valence-corrected chi connectivity index (χ0v) is 15.6. The lowest BCUT2D eigenvalue weighted by molar-refractivity contribution is 0.0519. The molecule has 3 rings (SSSR count). The molecule has 6 nitrogen and oxygen atoms in total. The number of carbonyl (C=O) groups excluding carboxylic acids is 1. The average molecular weight is 357 g/mol. The molecule has 140 valence electrons. The SMILES string of the molecule is CCn1nccc1C(=O)N(CCc1ccc(OC)cc1)CC1CCCO1. The number of benzene rings is 1. The minimum Gasteiger partial charge on any atom is -0.497 e. The highest BCUT2D eigenvalue weighted by atomic mass is 16.5. The number of aromatic nitrogens is 2. The number of hydrogen-bond donors (Lipinski definition) is 0. The highest BCUT2D eigenvalue weighted by Gasteiger charge is 2.25. The number of hydrogen-bond acceptors (Lipinski definition) is 4. The van der Waals surface area contributed by atoms with Gasteiger partial charge < -0.3 is 14.4 Å². The van der Waals surface area contributed by atoms with Gasteiger partial charge in [-0.2, -0.15) is 5.10 Å². The Kier molecular flexibility index (Phi) is 6.28. The standard InChI is InChI=1S/C20H27N3O3/c1-3-23-19(10-12-21-23)20(24)22(15-18-5-4-14-26-18)13-11-16-6-8-17(25-2)9-7-16/h6-10,12,18H,3-5,11,13-15H2,1-2H3. The van der Waals surface area contributed by atoms with E-state index < -0.39 is 0 Å². The lowest BCUT2D eigenvalue weighted by Crippen LogP contribution is -2.39.